The van der Waals surface area contributed by atoms with Crippen molar-refractivity contribution in [3.8, 4) is 0 Å². The molecule has 64 valence electrons. The molecule has 0 aliphatic rings. The third-order valence-electron chi connectivity index (χ3n) is 1.81. The fourth-order valence-corrected chi connectivity index (χ4v) is 1.04. The molecule has 0 saturated heterocycles. The van der Waals surface area contributed by atoms with Crippen LogP contribution in [-0.4, -0.2) is 0 Å². The van der Waals surface area contributed by atoms with Gasteiger partial charge < -0.3 is 0 Å². The second-order valence-electron chi connectivity index (χ2n) is 3.30. The van der Waals surface area contributed by atoms with E-state index in [0.29, 0.717) is 5.56 Å². The van der Waals surface area contributed by atoms with Gasteiger partial charge in [-0.2, -0.15) is 0 Å². The maximum absolute atomic E-state index is 13.4. The van der Waals surface area contributed by atoms with Crippen LogP contribution in [0.5, 0.6) is 0 Å². The van der Waals surface area contributed by atoms with Crippen molar-refractivity contribution in [1.29, 1.82) is 0 Å². The molecular weight excluding hydrogens is 151 g/mol. The Hall–Kier alpha value is -1.11. The van der Waals surface area contributed by atoms with Gasteiger partial charge in [-0.3, -0.25) is 0 Å². The number of halogens is 1. The van der Waals surface area contributed by atoms with Crippen LogP contribution in [0.15, 0.2) is 30.8 Å². The smallest absolute Gasteiger partial charge is 0.130 e. The quantitative estimate of drug-likeness (QED) is 0.627. The van der Waals surface area contributed by atoms with Gasteiger partial charge in [0.15, 0.2) is 0 Å². The molecule has 0 nitrogen and oxygen atoms in total. The van der Waals surface area contributed by atoms with Crippen molar-refractivity contribution in [2.24, 2.45) is 0 Å². The van der Waals surface area contributed by atoms with Gasteiger partial charge in [-0.05, 0) is 31.0 Å². The molecule has 1 aromatic rings. The molecule has 0 amide bonds. The van der Waals surface area contributed by atoms with Crippen LogP contribution in [0.25, 0.3) is 6.08 Å². The predicted molar refractivity (Wildman–Crippen MR) is 50.7 cm³/mol. The summed E-state index contributed by atoms with van der Waals surface area (Å²) in [6.45, 7) is 6.73. The first kappa shape index (κ1) is 8.98. The zero-order chi connectivity index (χ0) is 9.19. The van der Waals surface area contributed by atoms with Gasteiger partial charge in [-0.25, -0.2) is 4.39 Å². The molecule has 12 heavy (non-hydrogen) atoms. The maximum atomic E-state index is 13.4. The molecule has 0 aromatic heterocycles. The Bertz CT molecular complexity index is 281. The molecule has 0 spiro atoms. The minimum absolute atomic E-state index is 0.694. The van der Waals surface area contributed by atoms with Gasteiger partial charge in [-0.1, -0.05) is 30.9 Å². The van der Waals surface area contributed by atoms with Crippen LogP contribution in [0.2, 0.25) is 0 Å². The van der Waals surface area contributed by atoms with Crippen molar-refractivity contribution < 1.29 is 4.39 Å². The molecule has 0 radical (unpaired) electrons. The summed E-state index contributed by atoms with van der Waals surface area (Å²) in [6.07, 6.45) is 1.72. The topological polar surface area (TPSA) is 0 Å². The Kier molecular flexibility index (Phi) is 2.32. The molecule has 0 N–H and O–H groups in total. The second-order valence-corrected chi connectivity index (χ2v) is 3.30. The Balaban J connectivity index is 3.10. The number of alkyl halides is 1. The van der Waals surface area contributed by atoms with Gasteiger partial charge in [0.2, 0.25) is 0 Å². The summed E-state index contributed by atoms with van der Waals surface area (Å²) in [4.78, 5) is 0. The zero-order valence-corrected chi connectivity index (χ0v) is 7.47. The summed E-state index contributed by atoms with van der Waals surface area (Å²) in [7, 11) is 0. The molecule has 1 rings (SSSR count). The molecule has 0 atom stereocenters. The molecule has 0 heterocycles. The highest BCUT2D eigenvalue weighted by Gasteiger charge is 2.17. The van der Waals surface area contributed by atoms with Gasteiger partial charge in [0, 0.05) is 0 Å². The molecule has 0 unspecified atom stereocenters. The van der Waals surface area contributed by atoms with E-state index in [1.807, 2.05) is 18.2 Å². The van der Waals surface area contributed by atoms with E-state index in [9.17, 15) is 4.39 Å². The monoisotopic (exact) mass is 164 g/mol. The third kappa shape index (κ3) is 1.94. The maximum Gasteiger partial charge on any atom is 0.130 e. The first-order valence-corrected chi connectivity index (χ1v) is 3.96. The average molecular weight is 164 g/mol. The van der Waals surface area contributed by atoms with Gasteiger partial charge >= 0.3 is 0 Å². The number of hydrogen-bond donors (Lipinski definition) is 0. The molecule has 0 saturated carbocycles. The molecule has 0 bridgehead atoms. The van der Waals surface area contributed by atoms with E-state index in [4.69, 9.17) is 0 Å². The van der Waals surface area contributed by atoms with Crippen molar-refractivity contribution in [3.05, 3.63) is 42.0 Å². The van der Waals surface area contributed by atoms with Crippen molar-refractivity contribution in [1.82, 2.24) is 0 Å². The van der Waals surface area contributed by atoms with E-state index in [2.05, 4.69) is 6.58 Å². The summed E-state index contributed by atoms with van der Waals surface area (Å²) >= 11 is 0. The van der Waals surface area contributed by atoms with Crippen LogP contribution in [0.4, 0.5) is 4.39 Å². The first-order valence-electron chi connectivity index (χ1n) is 3.96. The summed E-state index contributed by atoms with van der Waals surface area (Å²) < 4.78 is 13.4. The van der Waals surface area contributed by atoms with Crippen molar-refractivity contribution >= 4 is 6.08 Å². The highest BCUT2D eigenvalue weighted by molar-refractivity contribution is 5.48. The van der Waals surface area contributed by atoms with Gasteiger partial charge in [-0.15, -0.1) is 0 Å². The van der Waals surface area contributed by atoms with Crippen LogP contribution in [0.3, 0.4) is 0 Å². The van der Waals surface area contributed by atoms with E-state index in [0.717, 1.165) is 5.56 Å². The fraction of sp³-hybridized carbons (Fsp3) is 0.273. The first-order chi connectivity index (χ1) is 5.54. The van der Waals surface area contributed by atoms with E-state index in [1.54, 1.807) is 26.0 Å². The lowest BCUT2D eigenvalue weighted by molar-refractivity contribution is 0.221. The minimum Gasteiger partial charge on any atom is -0.239 e. The Morgan fingerprint density at radius 1 is 1.42 bits per heavy atom. The van der Waals surface area contributed by atoms with E-state index in [1.165, 1.54) is 0 Å². The molecule has 1 heteroatoms. The van der Waals surface area contributed by atoms with Gasteiger partial charge in [0.25, 0.3) is 0 Å². The van der Waals surface area contributed by atoms with Crippen molar-refractivity contribution in [2.75, 3.05) is 0 Å². The van der Waals surface area contributed by atoms with Gasteiger partial charge in [0.1, 0.15) is 5.67 Å². The normalized spacial score (nSPS) is 11.2. The predicted octanol–water partition coefficient (Wildman–Crippen LogP) is 3.53. The SMILES string of the molecule is C=Cc1cccc(C(C)(C)F)c1. The number of benzene rings is 1. The average Bonchev–Trinajstić information content (AvgIpc) is 2.03. The van der Waals surface area contributed by atoms with Crippen LogP contribution in [0.1, 0.15) is 25.0 Å². The Morgan fingerprint density at radius 3 is 2.58 bits per heavy atom. The lowest BCUT2D eigenvalue weighted by atomic mass is 9.98. The number of hydrogen-bond acceptors (Lipinski definition) is 0. The van der Waals surface area contributed by atoms with Crippen LogP contribution >= 0.6 is 0 Å². The Morgan fingerprint density at radius 2 is 2.08 bits per heavy atom. The Labute approximate surface area is 72.7 Å². The summed E-state index contributed by atoms with van der Waals surface area (Å²) in [5.74, 6) is 0. The number of rotatable bonds is 2. The van der Waals surface area contributed by atoms with E-state index < -0.39 is 5.67 Å². The minimum atomic E-state index is -1.26. The van der Waals surface area contributed by atoms with Crippen LogP contribution < -0.4 is 0 Å². The summed E-state index contributed by atoms with van der Waals surface area (Å²) in [5, 5.41) is 0. The largest absolute Gasteiger partial charge is 0.239 e. The molecule has 1 aromatic carbocycles. The zero-order valence-electron chi connectivity index (χ0n) is 7.47. The molecule has 0 fully saturated rings. The lowest BCUT2D eigenvalue weighted by Gasteiger charge is -2.14. The van der Waals surface area contributed by atoms with E-state index in [-0.39, 0.29) is 0 Å². The summed E-state index contributed by atoms with van der Waals surface area (Å²) in [5.41, 5.74) is 0.386. The summed E-state index contributed by atoms with van der Waals surface area (Å²) in [6, 6.07) is 7.34. The lowest BCUT2D eigenvalue weighted by Crippen LogP contribution is -2.08. The molecule has 0 aliphatic heterocycles. The van der Waals surface area contributed by atoms with Crippen LogP contribution in [0, 0.1) is 0 Å². The second kappa shape index (κ2) is 3.10. The molecular formula is C11H13F. The third-order valence-corrected chi connectivity index (χ3v) is 1.81. The van der Waals surface area contributed by atoms with Crippen molar-refractivity contribution in [3.63, 3.8) is 0 Å². The molecule has 0 aliphatic carbocycles. The van der Waals surface area contributed by atoms with Crippen LogP contribution in [-0.2, 0) is 5.67 Å². The highest BCUT2D eigenvalue weighted by Crippen LogP contribution is 2.25. The standard InChI is InChI=1S/C11H13F/c1-4-9-6-5-7-10(8-9)11(2,3)12/h4-8H,1H2,2-3H3. The van der Waals surface area contributed by atoms with Crippen molar-refractivity contribution in [2.45, 2.75) is 19.5 Å². The fourth-order valence-electron chi connectivity index (χ4n) is 1.04. The van der Waals surface area contributed by atoms with E-state index >= 15 is 0 Å². The highest BCUT2D eigenvalue weighted by atomic mass is 19.1. The van der Waals surface area contributed by atoms with Gasteiger partial charge in [0.05, 0.1) is 0 Å².